The smallest absolute Gasteiger partial charge is 0.317 e. The minimum atomic E-state index is -0.748. The molecule has 1 aromatic heterocycles. The van der Waals surface area contributed by atoms with E-state index in [4.69, 9.17) is 5.11 Å². The van der Waals surface area contributed by atoms with Crippen molar-refractivity contribution in [3.63, 3.8) is 0 Å². The van der Waals surface area contributed by atoms with Crippen LogP contribution >= 0.6 is 0 Å². The number of aliphatic carboxylic acids is 1. The summed E-state index contributed by atoms with van der Waals surface area (Å²) in [5.74, 6) is -0.748. The maximum absolute atomic E-state index is 10.6. The van der Waals surface area contributed by atoms with Gasteiger partial charge in [0.15, 0.2) is 0 Å². The highest BCUT2D eigenvalue weighted by Gasteiger charge is 2.26. The predicted octanol–water partition coefficient (Wildman–Crippen LogP) is 0.432. The number of carboxylic acid groups (broad SMARTS) is 1. The SMILES string of the molecule is O=C(O)CN1CCC[C@@H]1Cn1cccn1. The molecule has 0 spiro atoms. The summed E-state index contributed by atoms with van der Waals surface area (Å²) in [6.45, 7) is 1.82. The standard InChI is InChI=1S/C10H15N3O2/c14-10(15)8-12-5-1-3-9(12)7-13-6-2-4-11-13/h2,4,6,9H,1,3,5,7-8H2,(H,14,15)/t9-/m1/s1. The number of rotatable bonds is 4. The van der Waals surface area contributed by atoms with Crippen molar-refractivity contribution < 1.29 is 9.90 Å². The van der Waals surface area contributed by atoms with E-state index in [-0.39, 0.29) is 6.54 Å². The second-order valence-corrected chi connectivity index (χ2v) is 3.89. The number of carbonyl (C=O) groups is 1. The number of likely N-dealkylation sites (tertiary alicyclic amines) is 1. The molecule has 0 amide bonds. The van der Waals surface area contributed by atoms with Gasteiger partial charge in [0.1, 0.15) is 0 Å². The van der Waals surface area contributed by atoms with Crippen LogP contribution in [0.15, 0.2) is 18.5 Å². The second-order valence-electron chi connectivity index (χ2n) is 3.89. The summed E-state index contributed by atoms with van der Waals surface area (Å²) in [7, 11) is 0. The summed E-state index contributed by atoms with van der Waals surface area (Å²) in [5, 5.41) is 12.9. The van der Waals surface area contributed by atoms with Gasteiger partial charge in [0.25, 0.3) is 0 Å². The van der Waals surface area contributed by atoms with E-state index in [9.17, 15) is 4.79 Å². The summed E-state index contributed by atoms with van der Waals surface area (Å²) in [6.07, 6.45) is 5.81. The van der Waals surface area contributed by atoms with Crippen LogP contribution < -0.4 is 0 Å². The van der Waals surface area contributed by atoms with Crippen LogP contribution in [0.3, 0.4) is 0 Å². The van der Waals surface area contributed by atoms with Gasteiger partial charge in [0.05, 0.1) is 13.1 Å². The second kappa shape index (κ2) is 4.44. The predicted molar refractivity (Wildman–Crippen MR) is 54.5 cm³/mol. The Morgan fingerprint density at radius 1 is 1.60 bits per heavy atom. The molecule has 5 heteroatoms. The Hall–Kier alpha value is -1.36. The third-order valence-electron chi connectivity index (χ3n) is 2.79. The molecule has 2 heterocycles. The average Bonchev–Trinajstić information content (AvgIpc) is 2.78. The van der Waals surface area contributed by atoms with Crippen molar-refractivity contribution in [1.29, 1.82) is 0 Å². The minimum absolute atomic E-state index is 0.145. The van der Waals surface area contributed by atoms with Crippen LogP contribution in [0, 0.1) is 0 Å². The summed E-state index contributed by atoms with van der Waals surface area (Å²) in [6, 6.07) is 2.21. The Bertz CT molecular complexity index is 323. The van der Waals surface area contributed by atoms with Crippen molar-refractivity contribution in [3.8, 4) is 0 Å². The maximum atomic E-state index is 10.6. The fourth-order valence-corrected chi connectivity index (χ4v) is 2.11. The van der Waals surface area contributed by atoms with E-state index < -0.39 is 5.97 Å². The lowest BCUT2D eigenvalue weighted by Gasteiger charge is -2.22. The first-order chi connectivity index (χ1) is 7.25. The molecule has 0 aromatic carbocycles. The summed E-state index contributed by atoms with van der Waals surface area (Å²) >= 11 is 0. The normalized spacial score (nSPS) is 22.0. The molecule has 0 unspecified atom stereocenters. The summed E-state index contributed by atoms with van der Waals surface area (Å²) < 4.78 is 1.87. The molecule has 0 aliphatic carbocycles. The van der Waals surface area contributed by atoms with Gasteiger partial charge in [-0.05, 0) is 25.5 Å². The molecular weight excluding hydrogens is 194 g/mol. The first kappa shape index (κ1) is 10.2. The fourth-order valence-electron chi connectivity index (χ4n) is 2.11. The molecular formula is C10H15N3O2. The van der Waals surface area contributed by atoms with Gasteiger partial charge >= 0.3 is 5.97 Å². The van der Waals surface area contributed by atoms with Gasteiger partial charge in [-0.1, -0.05) is 0 Å². The zero-order chi connectivity index (χ0) is 10.7. The molecule has 5 nitrogen and oxygen atoms in total. The first-order valence-electron chi connectivity index (χ1n) is 5.19. The van der Waals surface area contributed by atoms with Crippen molar-refractivity contribution in [2.24, 2.45) is 0 Å². The van der Waals surface area contributed by atoms with Gasteiger partial charge in [-0.3, -0.25) is 14.4 Å². The lowest BCUT2D eigenvalue weighted by atomic mass is 10.2. The van der Waals surface area contributed by atoms with Crippen LogP contribution in [0.1, 0.15) is 12.8 Å². The quantitative estimate of drug-likeness (QED) is 0.781. The lowest BCUT2D eigenvalue weighted by Crippen LogP contribution is -2.36. The number of hydrogen-bond acceptors (Lipinski definition) is 3. The van der Waals surface area contributed by atoms with Gasteiger partial charge in [-0.25, -0.2) is 0 Å². The first-order valence-corrected chi connectivity index (χ1v) is 5.19. The van der Waals surface area contributed by atoms with Gasteiger partial charge in [0.2, 0.25) is 0 Å². The van der Waals surface area contributed by atoms with Crippen LogP contribution in [0.25, 0.3) is 0 Å². The fraction of sp³-hybridized carbons (Fsp3) is 0.600. The molecule has 1 fully saturated rings. The van der Waals surface area contributed by atoms with Gasteiger partial charge in [0, 0.05) is 18.4 Å². The Balaban J connectivity index is 1.93. The lowest BCUT2D eigenvalue weighted by molar-refractivity contribution is -0.138. The van der Waals surface area contributed by atoms with E-state index >= 15 is 0 Å². The van der Waals surface area contributed by atoms with E-state index in [2.05, 4.69) is 5.10 Å². The van der Waals surface area contributed by atoms with Gasteiger partial charge in [-0.2, -0.15) is 5.10 Å². The Labute approximate surface area is 88.3 Å². The van der Waals surface area contributed by atoms with Gasteiger partial charge in [-0.15, -0.1) is 0 Å². The molecule has 1 aliphatic heterocycles. The van der Waals surface area contributed by atoms with Crippen molar-refractivity contribution in [3.05, 3.63) is 18.5 Å². The zero-order valence-electron chi connectivity index (χ0n) is 8.54. The van der Waals surface area contributed by atoms with Crippen molar-refractivity contribution in [1.82, 2.24) is 14.7 Å². The summed E-state index contributed by atoms with van der Waals surface area (Å²) in [5.41, 5.74) is 0. The zero-order valence-corrected chi connectivity index (χ0v) is 8.54. The molecule has 1 aliphatic rings. The largest absolute Gasteiger partial charge is 0.480 e. The topological polar surface area (TPSA) is 58.4 Å². The highest BCUT2D eigenvalue weighted by atomic mass is 16.4. The van der Waals surface area contributed by atoms with E-state index in [1.54, 1.807) is 6.20 Å². The number of carboxylic acids is 1. The highest BCUT2D eigenvalue weighted by molar-refractivity contribution is 5.69. The molecule has 82 valence electrons. The van der Waals surface area contributed by atoms with E-state index in [1.807, 2.05) is 21.8 Å². The number of aromatic nitrogens is 2. The minimum Gasteiger partial charge on any atom is -0.480 e. The van der Waals surface area contributed by atoms with Gasteiger partial charge < -0.3 is 5.11 Å². The van der Waals surface area contributed by atoms with Crippen LogP contribution in [0.4, 0.5) is 0 Å². The number of nitrogens with zero attached hydrogens (tertiary/aromatic N) is 3. The Kier molecular flexibility index (Phi) is 3.01. The van der Waals surface area contributed by atoms with Crippen molar-refractivity contribution >= 4 is 5.97 Å². The average molecular weight is 209 g/mol. The monoisotopic (exact) mass is 209 g/mol. The summed E-state index contributed by atoms with van der Waals surface area (Å²) in [4.78, 5) is 12.7. The Morgan fingerprint density at radius 2 is 2.47 bits per heavy atom. The van der Waals surface area contributed by atoms with E-state index in [0.717, 1.165) is 25.9 Å². The van der Waals surface area contributed by atoms with Crippen LogP contribution in [-0.2, 0) is 11.3 Å². The molecule has 1 atom stereocenters. The van der Waals surface area contributed by atoms with E-state index in [1.165, 1.54) is 0 Å². The molecule has 1 aromatic rings. The molecule has 15 heavy (non-hydrogen) atoms. The third-order valence-corrected chi connectivity index (χ3v) is 2.79. The van der Waals surface area contributed by atoms with Crippen molar-refractivity contribution in [2.45, 2.75) is 25.4 Å². The van der Waals surface area contributed by atoms with Crippen LogP contribution in [0.5, 0.6) is 0 Å². The molecule has 0 saturated carbocycles. The van der Waals surface area contributed by atoms with Crippen LogP contribution in [0.2, 0.25) is 0 Å². The molecule has 1 N–H and O–H groups in total. The molecule has 0 bridgehead atoms. The van der Waals surface area contributed by atoms with Crippen LogP contribution in [-0.4, -0.2) is 44.9 Å². The maximum Gasteiger partial charge on any atom is 0.317 e. The molecule has 1 saturated heterocycles. The molecule has 0 radical (unpaired) electrons. The molecule has 2 rings (SSSR count). The van der Waals surface area contributed by atoms with Crippen molar-refractivity contribution in [2.75, 3.05) is 13.1 Å². The van der Waals surface area contributed by atoms with E-state index in [0.29, 0.717) is 6.04 Å². The third kappa shape index (κ3) is 2.56. The number of hydrogen-bond donors (Lipinski definition) is 1. The highest BCUT2D eigenvalue weighted by Crippen LogP contribution is 2.17. The Morgan fingerprint density at radius 3 is 3.13 bits per heavy atom.